The summed E-state index contributed by atoms with van der Waals surface area (Å²) in [6.45, 7) is 7.43. The number of piperidine rings is 1. The number of amides is 1. The average molecular weight is 333 g/mol. The number of piperazine rings is 1. The lowest BCUT2D eigenvalue weighted by Crippen LogP contribution is -2.49. The largest absolute Gasteiger partial charge is 0.368 e. The maximum atomic E-state index is 13.0. The van der Waals surface area contributed by atoms with Gasteiger partial charge in [0.2, 0.25) is 5.91 Å². The van der Waals surface area contributed by atoms with Crippen LogP contribution in [0.1, 0.15) is 32.6 Å². The molecule has 0 radical (unpaired) electrons. The van der Waals surface area contributed by atoms with Crippen LogP contribution >= 0.6 is 0 Å². The number of hydrogen-bond donors (Lipinski definition) is 0. The molecule has 1 atom stereocenters. The number of hydrogen-bond acceptors (Lipinski definition) is 3. The van der Waals surface area contributed by atoms with Crippen molar-refractivity contribution >= 4 is 11.6 Å². The molecule has 2 aliphatic rings. The Morgan fingerprint density at radius 3 is 2.46 bits per heavy atom. The second-order valence-corrected chi connectivity index (χ2v) is 6.98. The van der Waals surface area contributed by atoms with Crippen LogP contribution in [0.4, 0.5) is 10.1 Å². The maximum absolute atomic E-state index is 13.0. The third-order valence-electron chi connectivity index (χ3n) is 5.38. The molecule has 2 aliphatic heterocycles. The highest BCUT2D eigenvalue weighted by molar-refractivity contribution is 5.76. The molecular formula is C19H28FN3O. The molecule has 0 aliphatic carbocycles. The Morgan fingerprint density at radius 1 is 1.08 bits per heavy atom. The summed E-state index contributed by atoms with van der Waals surface area (Å²) in [5.74, 6) is 0.0611. The van der Waals surface area contributed by atoms with Crippen molar-refractivity contribution in [3.63, 3.8) is 0 Å². The van der Waals surface area contributed by atoms with Crippen molar-refractivity contribution in [2.45, 2.75) is 38.6 Å². The van der Waals surface area contributed by atoms with E-state index >= 15 is 0 Å². The van der Waals surface area contributed by atoms with E-state index in [2.05, 4.69) is 16.7 Å². The van der Waals surface area contributed by atoms with Crippen molar-refractivity contribution in [3.05, 3.63) is 30.1 Å². The Hall–Kier alpha value is -1.62. The molecule has 0 bridgehead atoms. The van der Waals surface area contributed by atoms with Crippen molar-refractivity contribution in [1.29, 1.82) is 0 Å². The molecule has 2 saturated heterocycles. The Morgan fingerprint density at radius 2 is 1.79 bits per heavy atom. The lowest BCUT2D eigenvalue weighted by Gasteiger charge is -2.37. The number of halogens is 1. The van der Waals surface area contributed by atoms with Gasteiger partial charge in [-0.3, -0.25) is 4.79 Å². The van der Waals surface area contributed by atoms with Crippen molar-refractivity contribution in [2.75, 3.05) is 44.2 Å². The fourth-order valence-electron chi connectivity index (χ4n) is 3.75. The van der Waals surface area contributed by atoms with Crippen LogP contribution in [-0.2, 0) is 4.79 Å². The van der Waals surface area contributed by atoms with E-state index in [4.69, 9.17) is 0 Å². The molecule has 1 amide bonds. The van der Waals surface area contributed by atoms with Crippen molar-refractivity contribution < 1.29 is 9.18 Å². The Balaban J connectivity index is 1.44. The first kappa shape index (κ1) is 17.2. The number of carbonyl (C=O) groups excluding carboxylic acids is 1. The Kier molecular flexibility index (Phi) is 5.72. The Labute approximate surface area is 144 Å². The van der Waals surface area contributed by atoms with E-state index in [1.54, 1.807) is 0 Å². The van der Waals surface area contributed by atoms with Gasteiger partial charge in [-0.25, -0.2) is 4.39 Å². The minimum atomic E-state index is -0.209. The van der Waals surface area contributed by atoms with E-state index in [0.29, 0.717) is 12.5 Å². The van der Waals surface area contributed by atoms with Gasteiger partial charge in [0.05, 0.1) is 0 Å². The molecule has 0 spiro atoms. The normalized spacial score (nSPS) is 22.7. The van der Waals surface area contributed by atoms with E-state index < -0.39 is 0 Å². The summed E-state index contributed by atoms with van der Waals surface area (Å²) in [5.41, 5.74) is 1.03. The zero-order valence-corrected chi connectivity index (χ0v) is 14.6. The van der Waals surface area contributed by atoms with Crippen LogP contribution in [-0.4, -0.2) is 61.0 Å². The van der Waals surface area contributed by atoms with Crippen LogP contribution in [0, 0.1) is 5.82 Å². The molecule has 2 fully saturated rings. The molecule has 1 aromatic carbocycles. The van der Waals surface area contributed by atoms with Crippen LogP contribution < -0.4 is 4.90 Å². The van der Waals surface area contributed by atoms with Gasteiger partial charge in [0.25, 0.3) is 0 Å². The molecule has 24 heavy (non-hydrogen) atoms. The standard InChI is InChI=1S/C19H28FN3O/c1-16-4-2-3-10-21(16)11-9-19(24)23-14-12-22(13-15-23)18-7-5-17(20)6-8-18/h5-8,16H,2-4,9-15H2,1H3. The van der Waals surface area contributed by atoms with Gasteiger partial charge in [-0.05, 0) is 50.6 Å². The lowest BCUT2D eigenvalue weighted by molar-refractivity contribution is -0.132. The Bertz CT molecular complexity index is 540. The fourth-order valence-corrected chi connectivity index (χ4v) is 3.75. The molecule has 0 aromatic heterocycles. The monoisotopic (exact) mass is 333 g/mol. The van der Waals surface area contributed by atoms with Crippen molar-refractivity contribution in [2.24, 2.45) is 0 Å². The van der Waals surface area contributed by atoms with Gasteiger partial charge >= 0.3 is 0 Å². The second-order valence-electron chi connectivity index (χ2n) is 6.98. The highest BCUT2D eigenvalue weighted by Gasteiger charge is 2.23. The minimum absolute atomic E-state index is 0.209. The number of anilines is 1. The number of likely N-dealkylation sites (tertiary alicyclic amines) is 1. The quantitative estimate of drug-likeness (QED) is 0.848. The van der Waals surface area contributed by atoms with E-state index in [1.807, 2.05) is 17.0 Å². The minimum Gasteiger partial charge on any atom is -0.368 e. The second kappa shape index (κ2) is 7.97. The molecule has 0 N–H and O–H groups in total. The third kappa shape index (κ3) is 4.26. The summed E-state index contributed by atoms with van der Waals surface area (Å²) in [6.07, 6.45) is 4.46. The van der Waals surface area contributed by atoms with Crippen LogP contribution in [0.15, 0.2) is 24.3 Å². The molecule has 0 saturated carbocycles. The molecule has 1 aromatic rings. The first-order valence-electron chi connectivity index (χ1n) is 9.16. The summed E-state index contributed by atoms with van der Waals surface area (Å²) in [7, 11) is 0. The molecule has 5 heteroatoms. The van der Waals surface area contributed by atoms with Crippen molar-refractivity contribution in [3.8, 4) is 0 Å². The van der Waals surface area contributed by atoms with Gasteiger partial charge in [0.1, 0.15) is 5.82 Å². The first-order chi connectivity index (χ1) is 11.6. The highest BCUT2D eigenvalue weighted by atomic mass is 19.1. The predicted molar refractivity (Wildman–Crippen MR) is 94.7 cm³/mol. The van der Waals surface area contributed by atoms with Gasteiger partial charge in [-0.15, -0.1) is 0 Å². The predicted octanol–water partition coefficient (Wildman–Crippen LogP) is 2.74. The summed E-state index contributed by atoms with van der Waals surface area (Å²) < 4.78 is 13.0. The van der Waals surface area contributed by atoms with Gasteiger partial charge in [0, 0.05) is 50.9 Å². The van der Waals surface area contributed by atoms with Gasteiger partial charge in [-0.1, -0.05) is 6.42 Å². The summed E-state index contributed by atoms with van der Waals surface area (Å²) >= 11 is 0. The summed E-state index contributed by atoms with van der Waals surface area (Å²) in [4.78, 5) is 19.1. The van der Waals surface area contributed by atoms with Crippen LogP contribution in [0.3, 0.4) is 0 Å². The number of benzene rings is 1. The number of carbonyl (C=O) groups is 1. The summed E-state index contributed by atoms with van der Waals surface area (Å²) in [6, 6.07) is 7.22. The maximum Gasteiger partial charge on any atom is 0.223 e. The molecule has 3 rings (SSSR count). The van der Waals surface area contributed by atoms with Gasteiger partial charge in [0.15, 0.2) is 0 Å². The zero-order valence-electron chi connectivity index (χ0n) is 14.6. The molecule has 4 nitrogen and oxygen atoms in total. The van der Waals surface area contributed by atoms with E-state index in [1.165, 1.54) is 31.4 Å². The van der Waals surface area contributed by atoms with Gasteiger partial charge < -0.3 is 14.7 Å². The zero-order chi connectivity index (χ0) is 16.9. The number of nitrogens with zero attached hydrogens (tertiary/aromatic N) is 3. The highest BCUT2D eigenvalue weighted by Crippen LogP contribution is 2.19. The molecular weight excluding hydrogens is 305 g/mol. The van der Waals surface area contributed by atoms with E-state index in [-0.39, 0.29) is 11.7 Å². The molecule has 1 unspecified atom stereocenters. The molecule has 132 valence electrons. The average Bonchev–Trinajstić information content (AvgIpc) is 2.62. The van der Waals surface area contributed by atoms with Gasteiger partial charge in [-0.2, -0.15) is 0 Å². The summed E-state index contributed by atoms with van der Waals surface area (Å²) in [5, 5.41) is 0. The first-order valence-corrected chi connectivity index (χ1v) is 9.16. The number of rotatable bonds is 4. The van der Waals surface area contributed by atoms with Crippen LogP contribution in [0.2, 0.25) is 0 Å². The van der Waals surface area contributed by atoms with E-state index in [0.717, 1.165) is 45.0 Å². The topological polar surface area (TPSA) is 26.8 Å². The lowest BCUT2D eigenvalue weighted by atomic mass is 10.0. The smallest absolute Gasteiger partial charge is 0.223 e. The van der Waals surface area contributed by atoms with E-state index in [9.17, 15) is 9.18 Å². The van der Waals surface area contributed by atoms with Crippen molar-refractivity contribution in [1.82, 2.24) is 9.80 Å². The third-order valence-corrected chi connectivity index (χ3v) is 5.38. The molecule has 2 heterocycles. The SMILES string of the molecule is CC1CCCCN1CCC(=O)N1CCN(c2ccc(F)cc2)CC1. The van der Waals surface area contributed by atoms with Crippen LogP contribution in [0.25, 0.3) is 0 Å². The van der Waals surface area contributed by atoms with Crippen LogP contribution in [0.5, 0.6) is 0 Å². The fraction of sp³-hybridized carbons (Fsp3) is 0.632.